The first-order valence-electron chi connectivity index (χ1n) is 7.23. The van der Waals surface area contributed by atoms with Gasteiger partial charge in [-0.05, 0) is 44.9 Å². The minimum absolute atomic E-state index is 0. The Morgan fingerprint density at radius 2 is 2.10 bits per heavy atom. The van der Waals surface area contributed by atoms with Crippen LogP contribution in [0, 0.1) is 0 Å². The lowest BCUT2D eigenvalue weighted by Crippen LogP contribution is -2.52. The molecule has 0 bridgehead atoms. The van der Waals surface area contributed by atoms with E-state index in [0.29, 0.717) is 13.0 Å². The second kappa shape index (κ2) is 8.90. The van der Waals surface area contributed by atoms with Crippen molar-refractivity contribution in [3.8, 4) is 5.75 Å². The van der Waals surface area contributed by atoms with E-state index < -0.39 is 5.54 Å². The smallest absolute Gasteiger partial charge is 0.240 e. The normalized spacial score (nSPS) is 14.5. The Morgan fingerprint density at radius 1 is 1.43 bits per heavy atom. The fourth-order valence-corrected chi connectivity index (χ4v) is 2.12. The summed E-state index contributed by atoms with van der Waals surface area (Å²) in [5.74, 6) is 0.698. The quantitative estimate of drug-likeness (QED) is 0.812. The maximum atomic E-state index is 12.2. The molecular weight excluding hydrogens is 288 g/mol. The number of nitrogens with two attached hydrogens (primary N) is 1. The van der Waals surface area contributed by atoms with E-state index in [9.17, 15) is 4.79 Å². The predicted octanol–water partition coefficient (Wildman–Crippen LogP) is 3.20. The first-order valence-corrected chi connectivity index (χ1v) is 7.23. The van der Waals surface area contributed by atoms with Crippen LogP contribution in [0.1, 0.15) is 52.1 Å². The number of ether oxygens (including phenoxy) is 1. The van der Waals surface area contributed by atoms with Gasteiger partial charge in [0.2, 0.25) is 5.91 Å². The molecule has 0 saturated carbocycles. The highest BCUT2D eigenvalue weighted by molar-refractivity contribution is 5.86. The number of nitrogens with one attached hydrogen (secondary N) is 1. The molecular formula is C16H27ClN2O2. The van der Waals surface area contributed by atoms with Crippen LogP contribution in [0.2, 0.25) is 0 Å². The van der Waals surface area contributed by atoms with Gasteiger partial charge >= 0.3 is 0 Å². The van der Waals surface area contributed by atoms with Crippen LogP contribution >= 0.6 is 12.4 Å². The fraction of sp³-hybridized carbons (Fsp3) is 0.562. The Morgan fingerprint density at radius 3 is 2.67 bits per heavy atom. The lowest BCUT2D eigenvalue weighted by molar-refractivity contribution is -0.126. The summed E-state index contributed by atoms with van der Waals surface area (Å²) in [7, 11) is 0. The van der Waals surface area contributed by atoms with Crippen LogP contribution in [0.3, 0.4) is 0 Å². The van der Waals surface area contributed by atoms with Gasteiger partial charge in [0.15, 0.2) is 0 Å². The fourth-order valence-electron chi connectivity index (χ4n) is 2.12. The van der Waals surface area contributed by atoms with E-state index in [0.717, 1.165) is 17.7 Å². The zero-order valence-corrected chi connectivity index (χ0v) is 14.1. The average molecular weight is 315 g/mol. The molecule has 1 amide bonds. The minimum Gasteiger partial charge on any atom is -0.494 e. The number of halogens is 1. The third-order valence-corrected chi connectivity index (χ3v) is 3.30. The molecule has 2 unspecified atom stereocenters. The van der Waals surface area contributed by atoms with Crippen molar-refractivity contribution in [3.63, 3.8) is 0 Å². The highest BCUT2D eigenvalue weighted by atomic mass is 35.5. The molecule has 0 spiro atoms. The zero-order chi connectivity index (χ0) is 15.2. The Labute approximate surface area is 133 Å². The van der Waals surface area contributed by atoms with Crippen LogP contribution < -0.4 is 15.8 Å². The van der Waals surface area contributed by atoms with E-state index in [4.69, 9.17) is 10.5 Å². The number of benzene rings is 1. The highest BCUT2D eigenvalue weighted by Gasteiger charge is 2.28. The molecule has 21 heavy (non-hydrogen) atoms. The van der Waals surface area contributed by atoms with E-state index in [1.54, 1.807) is 6.92 Å². The first kappa shape index (κ1) is 19.7. The van der Waals surface area contributed by atoms with Gasteiger partial charge in [-0.2, -0.15) is 0 Å². The summed E-state index contributed by atoms with van der Waals surface area (Å²) in [6.07, 6.45) is 1.55. The summed E-state index contributed by atoms with van der Waals surface area (Å²) in [5, 5.41) is 2.97. The Balaban J connectivity index is 0.00000400. The summed E-state index contributed by atoms with van der Waals surface area (Å²) >= 11 is 0. The second-order valence-electron chi connectivity index (χ2n) is 5.37. The molecule has 2 atom stereocenters. The Bertz CT molecular complexity index is 450. The molecule has 1 aromatic carbocycles. The average Bonchev–Trinajstić information content (AvgIpc) is 2.39. The van der Waals surface area contributed by atoms with Crippen LogP contribution in [0.15, 0.2) is 24.3 Å². The van der Waals surface area contributed by atoms with Gasteiger partial charge < -0.3 is 15.8 Å². The molecule has 0 aromatic heterocycles. The highest BCUT2D eigenvalue weighted by Crippen LogP contribution is 2.20. The van der Waals surface area contributed by atoms with Gasteiger partial charge in [-0.15, -0.1) is 12.4 Å². The lowest BCUT2D eigenvalue weighted by Gasteiger charge is -2.25. The molecule has 5 heteroatoms. The van der Waals surface area contributed by atoms with E-state index in [1.165, 1.54) is 0 Å². The maximum absolute atomic E-state index is 12.2. The van der Waals surface area contributed by atoms with Crippen molar-refractivity contribution in [1.82, 2.24) is 5.32 Å². The van der Waals surface area contributed by atoms with Crippen molar-refractivity contribution < 1.29 is 9.53 Å². The van der Waals surface area contributed by atoms with E-state index in [1.807, 2.05) is 45.0 Å². The summed E-state index contributed by atoms with van der Waals surface area (Å²) < 4.78 is 5.47. The van der Waals surface area contributed by atoms with Crippen LogP contribution in [0.5, 0.6) is 5.75 Å². The predicted molar refractivity (Wildman–Crippen MR) is 88.9 cm³/mol. The summed E-state index contributed by atoms with van der Waals surface area (Å²) in [6.45, 7) is 8.32. The lowest BCUT2D eigenvalue weighted by atomic mass is 9.95. The molecule has 0 aliphatic carbocycles. The van der Waals surface area contributed by atoms with Gasteiger partial charge in [0.05, 0.1) is 18.2 Å². The van der Waals surface area contributed by atoms with E-state index in [-0.39, 0.29) is 24.4 Å². The molecule has 3 N–H and O–H groups in total. The second-order valence-corrected chi connectivity index (χ2v) is 5.37. The summed E-state index contributed by atoms with van der Waals surface area (Å²) in [6, 6.07) is 7.66. The van der Waals surface area contributed by atoms with Crippen molar-refractivity contribution in [1.29, 1.82) is 0 Å². The number of hydrogen-bond donors (Lipinski definition) is 2. The molecule has 0 aliphatic rings. The van der Waals surface area contributed by atoms with Gasteiger partial charge in [-0.25, -0.2) is 0 Å². The van der Waals surface area contributed by atoms with Crippen molar-refractivity contribution in [2.45, 2.75) is 52.1 Å². The van der Waals surface area contributed by atoms with Crippen molar-refractivity contribution in [2.24, 2.45) is 5.73 Å². The molecule has 0 radical (unpaired) electrons. The summed E-state index contributed by atoms with van der Waals surface area (Å²) in [5.41, 5.74) is 6.23. The van der Waals surface area contributed by atoms with Crippen LogP contribution in [0.4, 0.5) is 0 Å². The summed E-state index contributed by atoms with van der Waals surface area (Å²) in [4.78, 5) is 12.2. The number of hydrogen-bond acceptors (Lipinski definition) is 3. The van der Waals surface area contributed by atoms with Gasteiger partial charge in [-0.3, -0.25) is 4.79 Å². The topological polar surface area (TPSA) is 64.4 Å². The Hall–Kier alpha value is -1.26. The van der Waals surface area contributed by atoms with Crippen molar-refractivity contribution in [2.75, 3.05) is 6.61 Å². The molecule has 0 aliphatic heterocycles. The van der Waals surface area contributed by atoms with Gasteiger partial charge in [0.1, 0.15) is 5.75 Å². The van der Waals surface area contributed by atoms with Gasteiger partial charge in [-0.1, -0.05) is 25.5 Å². The van der Waals surface area contributed by atoms with Gasteiger partial charge in [0.25, 0.3) is 0 Å². The van der Waals surface area contributed by atoms with Gasteiger partial charge in [0, 0.05) is 0 Å². The molecule has 120 valence electrons. The number of rotatable bonds is 7. The standard InChI is InChI=1S/C16H26N2O2.ClH/c1-5-10-16(4,17)15(19)18-12(3)13-8-7-9-14(11-13)20-6-2;/h7-9,11-12H,5-6,10,17H2,1-4H3,(H,18,19);1H. The monoisotopic (exact) mass is 314 g/mol. The SMILES string of the molecule is CCCC(C)(N)C(=O)NC(C)c1cccc(OCC)c1.Cl. The third kappa shape index (κ3) is 5.94. The molecule has 0 heterocycles. The van der Waals surface area contributed by atoms with Crippen LogP contribution in [-0.4, -0.2) is 18.1 Å². The van der Waals surface area contributed by atoms with Crippen LogP contribution in [0.25, 0.3) is 0 Å². The minimum atomic E-state index is -0.819. The largest absolute Gasteiger partial charge is 0.494 e. The number of amides is 1. The molecule has 1 aromatic rings. The zero-order valence-electron chi connectivity index (χ0n) is 13.3. The molecule has 4 nitrogen and oxygen atoms in total. The molecule has 1 rings (SSSR count). The third-order valence-electron chi connectivity index (χ3n) is 3.30. The number of carbonyl (C=O) groups excluding carboxylic acids is 1. The Kier molecular flexibility index (Phi) is 8.37. The molecule has 0 fully saturated rings. The van der Waals surface area contributed by atoms with E-state index >= 15 is 0 Å². The van der Waals surface area contributed by atoms with Crippen molar-refractivity contribution in [3.05, 3.63) is 29.8 Å². The maximum Gasteiger partial charge on any atom is 0.240 e. The first-order chi connectivity index (χ1) is 9.40. The molecule has 0 saturated heterocycles. The van der Waals surface area contributed by atoms with Crippen molar-refractivity contribution >= 4 is 18.3 Å². The van der Waals surface area contributed by atoms with E-state index in [2.05, 4.69) is 5.32 Å². The van der Waals surface area contributed by atoms with Crippen LogP contribution in [-0.2, 0) is 4.79 Å². The number of carbonyl (C=O) groups is 1.